The van der Waals surface area contributed by atoms with Crippen molar-refractivity contribution in [1.29, 1.82) is 0 Å². The van der Waals surface area contributed by atoms with Crippen molar-refractivity contribution in [1.82, 2.24) is 10.6 Å². The molecular formula is C22H24N2O5. The van der Waals surface area contributed by atoms with Crippen LogP contribution in [0.15, 0.2) is 48.5 Å². The average molecular weight is 396 g/mol. The van der Waals surface area contributed by atoms with Crippen LogP contribution >= 0.6 is 0 Å². The highest BCUT2D eigenvalue weighted by atomic mass is 16.5. The Hall–Kier alpha value is -3.35. The van der Waals surface area contributed by atoms with Crippen molar-refractivity contribution in [2.45, 2.75) is 19.8 Å². The van der Waals surface area contributed by atoms with Gasteiger partial charge in [-0.15, -0.1) is 0 Å². The summed E-state index contributed by atoms with van der Waals surface area (Å²) in [6.07, 6.45) is -0.695. The minimum atomic E-state index is -1.08. The molecule has 0 aliphatic heterocycles. The van der Waals surface area contributed by atoms with Gasteiger partial charge in [0.1, 0.15) is 6.61 Å². The maximum atomic E-state index is 12.0. The van der Waals surface area contributed by atoms with Gasteiger partial charge in [0.15, 0.2) is 0 Å². The van der Waals surface area contributed by atoms with E-state index in [1.807, 2.05) is 36.4 Å². The third-order valence-electron chi connectivity index (χ3n) is 5.04. The van der Waals surface area contributed by atoms with Crippen molar-refractivity contribution in [3.63, 3.8) is 0 Å². The van der Waals surface area contributed by atoms with Gasteiger partial charge in [-0.05, 0) is 36.1 Å². The number of hydrogen-bond acceptors (Lipinski definition) is 4. The summed E-state index contributed by atoms with van der Waals surface area (Å²) in [4.78, 5) is 34.9. The molecule has 0 unspecified atom stereocenters. The van der Waals surface area contributed by atoms with Crippen LogP contribution in [0.1, 0.15) is 30.9 Å². The molecule has 2 amide bonds. The monoisotopic (exact) mass is 396 g/mol. The fraction of sp³-hybridized carbons (Fsp3) is 0.318. The van der Waals surface area contributed by atoms with Crippen LogP contribution in [0.5, 0.6) is 0 Å². The van der Waals surface area contributed by atoms with Gasteiger partial charge in [-0.3, -0.25) is 9.59 Å². The summed E-state index contributed by atoms with van der Waals surface area (Å²) in [6, 6.07) is 16.0. The van der Waals surface area contributed by atoms with Gasteiger partial charge in [0.2, 0.25) is 5.91 Å². The molecule has 0 fully saturated rings. The third kappa shape index (κ3) is 4.56. The molecule has 29 heavy (non-hydrogen) atoms. The number of carbonyl (C=O) groups excluding carboxylic acids is 2. The van der Waals surface area contributed by atoms with Gasteiger partial charge in [0.25, 0.3) is 0 Å². The number of carbonyl (C=O) groups is 3. The average Bonchev–Trinajstić information content (AvgIpc) is 3.03. The van der Waals surface area contributed by atoms with Crippen LogP contribution in [-0.4, -0.2) is 42.8 Å². The van der Waals surface area contributed by atoms with Crippen molar-refractivity contribution in [3.8, 4) is 11.1 Å². The number of carboxylic acid groups (broad SMARTS) is 1. The molecule has 0 aromatic heterocycles. The number of rotatable bonds is 7. The standard InChI is InChI=1S/C22H24N2O5/c1-22(2,20(26)27)13-24-19(25)11-23-21(28)29-12-18-16-9-5-3-7-14(16)15-8-4-6-10-17(15)18/h3-10,18H,11-13H2,1-2H3,(H,23,28)(H,24,25)(H,26,27). The van der Waals surface area contributed by atoms with Gasteiger partial charge >= 0.3 is 12.1 Å². The molecule has 1 aliphatic rings. The summed E-state index contributed by atoms with van der Waals surface area (Å²) >= 11 is 0. The molecule has 2 aromatic carbocycles. The molecule has 0 saturated heterocycles. The Labute approximate surface area is 169 Å². The zero-order chi connectivity index (χ0) is 21.0. The van der Waals surface area contributed by atoms with Gasteiger partial charge < -0.3 is 20.5 Å². The van der Waals surface area contributed by atoms with E-state index in [0.717, 1.165) is 22.3 Å². The van der Waals surface area contributed by atoms with Crippen molar-refractivity contribution >= 4 is 18.0 Å². The first-order chi connectivity index (χ1) is 13.8. The lowest BCUT2D eigenvalue weighted by Crippen LogP contribution is -2.43. The topological polar surface area (TPSA) is 105 Å². The highest BCUT2D eigenvalue weighted by Gasteiger charge is 2.29. The first kappa shape index (κ1) is 20.4. The lowest BCUT2D eigenvalue weighted by Gasteiger charge is -2.19. The van der Waals surface area contributed by atoms with Gasteiger partial charge in [-0.2, -0.15) is 0 Å². The van der Waals surface area contributed by atoms with Crippen LogP contribution in [0, 0.1) is 5.41 Å². The van der Waals surface area contributed by atoms with Crippen molar-refractivity contribution < 1.29 is 24.2 Å². The fourth-order valence-corrected chi connectivity index (χ4v) is 3.26. The van der Waals surface area contributed by atoms with E-state index in [1.54, 1.807) is 0 Å². The Balaban J connectivity index is 1.51. The number of amides is 2. The number of alkyl carbamates (subject to hydrolysis) is 1. The summed E-state index contributed by atoms with van der Waals surface area (Å²) in [7, 11) is 0. The first-order valence-electron chi connectivity index (χ1n) is 9.38. The molecule has 3 rings (SSSR count). The molecule has 0 bridgehead atoms. The summed E-state index contributed by atoms with van der Waals surface area (Å²) in [5.74, 6) is -1.55. The van der Waals surface area contributed by atoms with E-state index in [4.69, 9.17) is 9.84 Å². The van der Waals surface area contributed by atoms with Crippen molar-refractivity contribution in [3.05, 3.63) is 59.7 Å². The second-order valence-corrected chi connectivity index (χ2v) is 7.64. The Morgan fingerprint density at radius 2 is 1.52 bits per heavy atom. The van der Waals surface area contributed by atoms with E-state index < -0.39 is 23.4 Å². The minimum Gasteiger partial charge on any atom is -0.481 e. The zero-order valence-corrected chi connectivity index (χ0v) is 16.4. The Morgan fingerprint density at radius 1 is 0.966 bits per heavy atom. The zero-order valence-electron chi connectivity index (χ0n) is 16.4. The van der Waals surface area contributed by atoms with Crippen LogP contribution in [0.3, 0.4) is 0 Å². The summed E-state index contributed by atoms with van der Waals surface area (Å²) < 4.78 is 5.35. The van der Waals surface area contributed by atoms with Crippen molar-refractivity contribution in [2.24, 2.45) is 5.41 Å². The highest BCUT2D eigenvalue weighted by Crippen LogP contribution is 2.44. The van der Waals surface area contributed by atoms with E-state index in [9.17, 15) is 14.4 Å². The Bertz CT molecular complexity index is 893. The van der Waals surface area contributed by atoms with E-state index in [1.165, 1.54) is 13.8 Å². The molecule has 7 nitrogen and oxygen atoms in total. The SMILES string of the molecule is CC(C)(CNC(=O)CNC(=O)OCC1c2ccccc2-c2ccccc21)C(=O)O. The first-order valence-corrected chi connectivity index (χ1v) is 9.38. The Morgan fingerprint density at radius 3 is 2.07 bits per heavy atom. The number of ether oxygens (including phenoxy) is 1. The Kier molecular flexibility index (Phi) is 5.87. The molecule has 3 N–H and O–H groups in total. The van der Waals surface area contributed by atoms with Crippen molar-refractivity contribution in [2.75, 3.05) is 19.7 Å². The van der Waals surface area contributed by atoms with Gasteiger partial charge in [0, 0.05) is 12.5 Å². The van der Waals surface area contributed by atoms with Crippen LogP contribution in [0.4, 0.5) is 4.79 Å². The molecule has 7 heteroatoms. The molecule has 0 atom stereocenters. The number of carboxylic acids is 1. The normalized spacial score (nSPS) is 12.6. The smallest absolute Gasteiger partial charge is 0.407 e. The molecule has 152 valence electrons. The van der Waals surface area contributed by atoms with Crippen LogP contribution in [0.25, 0.3) is 11.1 Å². The highest BCUT2D eigenvalue weighted by molar-refractivity contribution is 5.83. The van der Waals surface area contributed by atoms with E-state index >= 15 is 0 Å². The van der Waals surface area contributed by atoms with E-state index in [2.05, 4.69) is 22.8 Å². The maximum Gasteiger partial charge on any atom is 0.407 e. The molecular weight excluding hydrogens is 372 g/mol. The number of aliphatic carboxylic acids is 1. The molecule has 0 heterocycles. The molecule has 0 radical (unpaired) electrons. The van der Waals surface area contributed by atoms with Gasteiger partial charge in [-0.25, -0.2) is 4.79 Å². The number of hydrogen-bond donors (Lipinski definition) is 3. The molecule has 0 spiro atoms. The van der Waals surface area contributed by atoms with Crippen LogP contribution in [0.2, 0.25) is 0 Å². The second kappa shape index (κ2) is 8.34. The lowest BCUT2D eigenvalue weighted by molar-refractivity contribution is -0.146. The van der Waals surface area contributed by atoms with E-state index in [-0.39, 0.29) is 25.6 Å². The summed E-state index contributed by atoms with van der Waals surface area (Å²) in [5, 5.41) is 13.9. The third-order valence-corrected chi connectivity index (χ3v) is 5.04. The van der Waals surface area contributed by atoms with Crippen LogP contribution in [-0.2, 0) is 14.3 Å². The molecule has 2 aromatic rings. The lowest BCUT2D eigenvalue weighted by atomic mass is 9.94. The van der Waals surface area contributed by atoms with E-state index in [0.29, 0.717) is 0 Å². The maximum absolute atomic E-state index is 12.0. The number of benzene rings is 2. The number of fused-ring (bicyclic) bond motifs is 3. The molecule has 0 saturated carbocycles. The predicted molar refractivity (Wildman–Crippen MR) is 107 cm³/mol. The second-order valence-electron chi connectivity index (χ2n) is 7.64. The number of nitrogens with one attached hydrogen (secondary N) is 2. The fourth-order valence-electron chi connectivity index (χ4n) is 3.26. The summed E-state index contributed by atoms with van der Waals surface area (Å²) in [5.41, 5.74) is 3.40. The van der Waals surface area contributed by atoms with Gasteiger partial charge in [-0.1, -0.05) is 48.5 Å². The minimum absolute atomic E-state index is 0.0342. The van der Waals surface area contributed by atoms with Gasteiger partial charge in [0.05, 0.1) is 12.0 Å². The predicted octanol–water partition coefficient (Wildman–Crippen LogP) is 2.75. The summed E-state index contributed by atoms with van der Waals surface area (Å²) in [6.45, 7) is 2.86. The van der Waals surface area contributed by atoms with Crippen LogP contribution < -0.4 is 10.6 Å². The largest absolute Gasteiger partial charge is 0.481 e. The molecule has 1 aliphatic carbocycles. The quantitative estimate of drug-likeness (QED) is 0.668.